The fraction of sp³-hybridized carbons (Fsp3) is 0.286. The van der Waals surface area contributed by atoms with Gasteiger partial charge in [0.15, 0.2) is 10.8 Å². The Labute approximate surface area is 147 Å². The van der Waals surface area contributed by atoms with E-state index in [4.69, 9.17) is 0 Å². The van der Waals surface area contributed by atoms with E-state index in [1.54, 1.807) is 0 Å². The number of aromatic nitrogens is 4. The summed E-state index contributed by atoms with van der Waals surface area (Å²) >= 11 is 0.647. The Kier molecular flexibility index (Phi) is 4.22. The molecule has 1 N–H and O–H groups in total. The van der Waals surface area contributed by atoms with Gasteiger partial charge in [-0.2, -0.15) is 13.2 Å². The zero-order chi connectivity index (χ0) is 19.2. The lowest BCUT2D eigenvalue weighted by Gasteiger charge is -2.08. The summed E-state index contributed by atoms with van der Waals surface area (Å²) in [7, 11) is 2.80. The van der Waals surface area contributed by atoms with Crippen LogP contribution < -0.4 is 16.6 Å². The number of rotatable bonds is 3. The zero-order valence-electron chi connectivity index (χ0n) is 13.5. The second-order valence-electron chi connectivity index (χ2n) is 5.47. The van der Waals surface area contributed by atoms with E-state index in [1.807, 2.05) is 0 Å². The molecule has 0 saturated heterocycles. The molecule has 3 heterocycles. The minimum atomic E-state index is -4.59. The first kappa shape index (κ1) is 17.9. The third-order valence-electron chi connectivity index (χ3n) is 3.74. The van der Waals surface area contributed by atoms with Gasteiger partial charge < -0.3 is 9.88 Å². The first-order valence-electron chi connectivity index (χ1n) is 7.17. The van der Waals surface area contributed by atoms with Crippen LogP contribution in [0.25, 0.3) is 11.0 Å². The number of hydrogen-bond acceptors (Lipinski definition) is 5. The third kappa shape index (κ3) is 3.03. The summed E-state index contributed by atoms with van der Waals surface area (Å²) in [6.45, 7) is -0.322. The number of hydrogen-bond donors (Lipinski definition) is 1. The van der Waals surface area contributed by atoms with Crippen LogP contribution in [0.15, 0.2) is 27.2 Å². The van der Waals surface area contributed by atoms with Crippen LogP contribution in [0.5, 0.6) is 0 Å². The van der Waals surface area contributed by atoms with Crippen LogP contribution >= 0.6 is 11.3 Å². The minimum absolute atomic E-state index is 0.139. The fourth-order valence-corrected chi connectivity index (χ4v) is 3.18. The molecule has 1 amide bonds. The van der Waals surface area contributed by atoms with Crippen molar-refractivity contribution >= 4 is 33.4 Å². The summed E-state index contributed by atoms with van der Waals surface area (Å²) in [5, 5.41) is 2.87. The molecule has 0 aliphatic rings. The van der Waals surface area contributed by atoms with E-state index >= 15 is 0 Å². The standard InChI is InChI=1S/C14H12F3N5O3S/c1-20-7-3-4-22(10(7)11(24)21(2)13(20)25)5-9(23)19-12-18-8(6-26-12)14(15,16)17/h3-4,6H,5H2,1-2H3,(H,18,19,23). The molecule has 0 aliphatic heterocycles. The minimum Gasteiger partial charge on any atom is -0.332 e. The Morgan fingerprint density at radius 1 is 1.27 bits per heavy atom. The molecule has 12 heteroatoms. The molecule has 0 bridgehead atoms. The Bertz CT molecular complexity index is 1120. The molecule has 0 fully saturated rings. The molecule has 138 valence electrons. The number of nitrogens with one attached hydrogen (secondary N) is 1. The first-order chi connectivity index (χ1) is 12.1. The number of thiazole rings is 1. The van der Waals surface area contributed by atoms with E-state index < -0.39 is 29.0 Å². The first-order valence-corrected chi connectivity index (χ1v) is 8.05. The lowest BCUT2D eigenvalue weighted by molar-refractivity contribution is -0.140. The van der Waals surface area contributed by atoms with Crippen molar-refractivity contribution in [2.75, 3.05) is 5.32 Å². The summed E-state index contributed by atoms with van der Waals surface area (Å²) in [5.74, 6) is -0.651. The number of carbonyl (C=O) groups is 1. The van der Waals surface area contributed by atoms with E-state index in [9.17, 15) is 27.6 Å². The average Bonchev–Trinajstić information content (AvgIpc) is 3.18. The predicted molar refractivity (Wildman–Crippen MR) is 88.2 cm³/mol. The molecular formula is C14H12F3N5O3S. The van der Waals surface area contributed by atoms with Crippen LogP contribution in [0.3, 0.4) is 0 Å². The Balaban J connectivity index is 1.88. The van der Waals surface area contributed by atoms with Gasteiger partial charge >= 0.3 is 11.9 Å². The van der Waals surface area contributed by atoms with Gasteiger partial charge in [0.25, 0.3) is 5.56 Å². The molecule has 26 heavy (non-hydrogen) atoms. The molecule has 0 saturated carbocycles. The van der Waals surface area contributed by atoms with Crippen LogP contribution in [-0.2, 0) is 31.6 Å². The normalized spacial score (nSPS) is 11.9. The van der Waals surface area contributed by atoms with Crippen molar-refractivity contribution < 1.29 is 18.0 Å². The molecule has 0 radical (unpaired) electrons. The molecule has 0 spiro atoms. The summed E-state index contributed by atoms with van der Waals surface area (Å²) in [5.41, 5.74) is -1.69. The topological polar surface area (TPSA) is 90.9 Å². The SMILES string of the molecule is Cn1c(=O)c2c(ccn2CC(=O)Nc2nc(C(F)(F)F)cs2)n(C)c1=O. The summed E-state index contributed by atoms with van der Waals surface area (Å²) in [4.78, 5) is 39.6. The number of amides is 1. The molecule has 3 aromatic heterocycles. The van der Waals surface area contributed by atoms with Crippen LogP contribution in [-0.4, -0.2) is 24.6 Å². The van der Waals surface area contributed by atoms with Gasteiger partial charge in [-0.05, 0) is 6.07 Å². The van der Waals surface area contributed by atoms with Crippen LogP contribution in [0.4, 0.5) is 18.3 Å². The number of carbonyl (C=O) groups excluding carboxylic acids is 1. The van der Waals surface area contributed by atoms with E-state index in [-0.39, 0.29) is 17.2 Å². The fourth-order valence-electron chi connectivity index (χ4n) is 2.44. The van der Waals surface area contributed by atoms with Crippen molar-refractivity contribution in [2.24, 2.45) is 14.1 Å². The van der Waals surface area contributed by atoms with Crippen LogP contribution in [0, 0.1) is 0 Å². The molecule has 0 aromatic carbocycles. The van der Waals surface area contributed by atoms with E-state index in [0.29, 0.717) is 16.9 Å². The Hall–Kier alpha value is -2.89. The lowest BCUT2D eigenvalue weighted by atomic mass is 10.4. The van der Waals surface area contributed by atoms with Gasteiger partial charge in [-0.3, -0.25) is 18.7 Å². The van der Waals surface area contributed by atoms with Crippen molar-refractivity contribution in [1.29, 1.82) is 0 Å². The van der Waals surface area contributed by atoms with Crippen molar-refractivity contribution in [3.05, 3.63) is 44.2 Å². The van der Waals surface area contributed by atoms with Crippen molar-refractivity contribution in [3.63, 3.8) is 0 Å². The number of halogens is 3. The van der Waals surface area contributed by atoms with Gasteiger partial charge in [0, 0.05) is 25.7 Å². The second kappa shape index (κ2) is 6.12. The summed E-state index contributed by atoms with van der Waals surface area (Å²) < 4.78 is 41.1. The molecule has 8 nitrogen and oxygen atoms in total. The smallest absolute Gasteiger partial charge is 0.332 e. The molecular weight excluding hydrogens is 375 g/mol. The second-order valence-corrected chi connectivity index (χ2v) is 6.33. The number of nitrogens with zero attached hydrogens (tertiary/aromatic N) is 4. The van der Waals surface area contributed by atoms with E-state index in [0.717, 1.165) is 9.95 Å². The Morgan fingerprint density at radius 3 is 2.58 bits per heavy atom. The molecule has 0 aliphatic carbocycles. The highest BCUT2D eigenvalue weighted by Gasteiger charge is 2.33. The quantitative estimate of drug-likeness (QED) is 0.730. The number of alkyl halides is 3. The van der Waals surface area contributed by atoms with Crippen molar-refractivity contribution in [1.82, 2.24) is 18.7 Å². The Morgan fingerprint density at radius 2 is 1.96 bits per heavy atom. The van der Waals surface area contributed by atoms with Gasteiger partial charge in [0.1, 0.15) is 12.1 Å². The summed E-state index contributed by atoms with van der Waals surface area (Å²) in [6.07, 6.45) is -3.14. The maximum Gasteiger partial charge on any atom is 0.434 e. The molecule has 0 unspecified atom stereocenters. The van der Waals surface area contributed by atoms with Gasteiger partial charge in [-0.25, -0.2) is 9.78 Å². The summed E-state index contributed by atoms with van der Waals surface area (Å²) in [6, 6.07) is 1.51. The average molecular weight is 387 g/mol. The van der Waals surface area contributed by atoms with Crippen molar-refractivity contribution in [2.45, 2.75) is 12.7 Å². The number of fused-ring (bicyclic) bond motifs is 1. The highest BCUT2D eigenvalue weighted by molar-refractivity contribution is 7.13. The predicted octanol–water partition coefficient (Wildman–Crippen LogP) is 1.15. The number of aryl methyl sites for hydroxylation is 1. The highest BCUT2D eigenvalue weighted by Crippen LogP contribution is 2.31. The maximum absolute atomic E-state index is 12.5. The highest BCUT2D eigenvalue weighted by atomic mass is 32.1. The maximum atomic E-state index is 12.5. The van der Waals surface area contributed by atoms with Crippen LogP contribution in [0.1, 0.15) is 5.69 Å². The lowest BCUT2D eigenvalue weighted by Crippen LogP contribution is -2.37. The van der Waals surface area contributed by atoms with Gasteiger partial charge in [-0.1, -0.05) is 0 Å². The van der Waals surface area contributed by atoms with Crippen LogP contribution in [0.2, 0.25) is 0 Å². The molecule has 3 rings (SSSR count). The number of anilines is 1. The molecule has 3 aromatic rings. The van der Waals surface area contributed by atoms with Gasteiger partial charge in [-0.15, -0.1) is 11.3 Å². The zero-order valence-corrected chi connectivity index (χ0v) is 14.3. The third-order valence-corrected chi connectivity index (χ3v) is 4.50. The van der Waals surface area contributed by atoms with E-state index in [1.165, 1.54) is 35.5 Å². The van der Waals surface area contributed by atoms with Crippen molar-refractivity contribution in [3.8, 4) is 0 Å². The van der Waals surface area contributed by atoms with E-state index in [2.05, 4.69) is 10.3 Å². The molecule has 0 atom stereocenters. The largest absolute Gasteiger partial charge is 0.434 e. The van der Waals surface area contributed by atoms with Gasteiger partial charge in [0.05, 0.1) is 5.52 Å². The monoisotopic (exact) mass is 387 g/mol. The van der Waals surface area contributed by atoms with Gasteiger partial charge in [0.2, 0.25) is 5.91 Å².